The fourth-order valence-corrected chi connectivity index (χ4v) is 7.37. The zero-order valence-corrected chi connectivity index (χ0v) is 23.0. The van der Waals surface area contributed by atoms with Gasteiger partial charge in [0.05, 0.1) is 18.6 Å². The molecule has 0 aromatic heterocycles. The Morgan fingerprint density at radius 3 is 2.20 bits per heavy atom. The summed E-state index contributed by atoms with van der Waals surface area (Å²) >= 11 is 0. The van der Waals surface area contributed by atoms with Gasteiger partial charge in [-0.2, -0.15) is 13.2 Å². The third-order valence-electron chi connectivity index (χ3n) is 9.38. The van der Waals surface area contributed by atoms with Crippen molar-refractivity contribution >= 4 is 29.6 Å². The Balaban J connectivity index is 1.58. The summed E-state index contributed by atoms with van der Waals surface area (Å²) in [6.07, 6.45) is -5.87. The Morgan fingerprint density at radius 2 is 1.66 bits per heavy atom. The van der Waals surface area contributed by atoms with Crippen LogP contribution in [0.2, 0.25) is 0 Å². The van der Waals surface area contributed by atoms with Gasteiger partial charge < -0.3 is 25.6 Å². The van der Waals surface area contributed by atoms with Gasteiger partial charge in [-0.05, 0) is 57.3 Å². The molecule has 0 spiro atoms. The first-order valence-electron chi connectivity index (χ1n) is 13.6. The van der Waals surface area contributed by atoms with E-state index >= 15 is 0 Å². The Hall–Kier alpha value is -3.00. The molecular weight excluding hydrogens is 559 g/mol. The van der Waals surface area contributed by atoms with Gasteiger partial charge in [0.15, 0.2) is 0 Å². The smallest absolute Gasteiger partial charge is 0.407 e. The number of fused-ring (bicyclic) bond motifs is 1. The van der Waals surface area contributed by atoms with E-state index in [2.05, 4.69) is 20.7 Å². The number of nitrogens with zero attached hydrogens (tertiary/aromatic N) is 1. The number of carbonyl (C=O) groups excluding carboxylic acids is 5. The molecule has 15 heteroatoms. The van der Waals surface area contributed by atoms with Crippen LogP contribution >= 0.6 is 0 Å². The quantitative estimate of drug-likeness (QED) is 0.263. The van der Waals surface area contributed by atoms with Crippen molar-refractivity contribution in [2.75, 3.05) is 20.7 Å². The molecule has 2 bridgehead atoms. The van der Waals surface area contributed by atoms with Crippen LogP contribution in [-0.4, -0.2) is 85.4 Å². The Bertz CT molecular complexity index is 1090. The Morgan fingerprint density at radius 1 is 1.02 bits per heavy atom. The number of ether oxygens (including phenoxy) is 1. The third-order valence-corrected chi connectivity index (χ3v) is 9.38. The lowest BCUT2D eigenvalue weighted by Crippen LogP contribution is -2.76. The molecule has 230 valence electrons. The molecule has 4 aliphatic carbocycles. The fraction of sp³-hybridized carbons (Fsp3) is 0.808. The van der Waals surface area contributed by atoms with Gasteiger partial charge in [-0.25, -0.2) is 13.6 Å². The highest BCUT2D eigenvalue weighted by Gasteiger charge is 2.81. The van der Waals surface area contributed by atoms with Gasteiger partial charge in [0.2, 0.25) is 23.5 Å². The maximum absolute atomic E-state index is 14.0. The van der Waals surface area contributed by atoms with Gasteiger partial charge in [-0.3, -0.25) is 19.2 Å². The number of halogens is 5. The van der Waals surface area contributed by atoms with E-state index in [1.165, 1.54) is 11.9 Å². The van der Waals surface area contributed by atoms with E-state index in [1.54, 1.807) is 0 Å². The fourth-order valence-electron chi connectivity index (χ4n) is 7.37. The third kappa shape index (κ3) is 5.60. The molecule has 4 amide bonds. The number of carbonyl (C=O) groups is 5. The molecule has 5 fully saturated rings. The van der Waals surface area contributed by atoms with Crippen molar-refractivity contribution in [3.8, 4) is 0 Å². The molecule has 1 heterocycles. The lowest BCUT2D eigenvalue weighted by atomic mass is 9.32. The highest BCUT2D eigenvalue weighted by molar-refractivity contribution is 6.38. The van der Waals surface area contributed by atoms with Crippen molar-refractivity contribution in [2.24, 2.45) is 22.7 Å². The molecule has 5 rings (SSSR count). The summed E-state index contributed by atoms with van der Waals surface area (Å²) < 4.78 is 72.5. The summed E-state index contributed by atoms with van der Waals surface area (Å²) in [6.45, 7) is 0.738. The van der Waals surface area contributed by atoms with Gasteiger partial charge in [0, 0.05) is 25.4 Å². The normalized spacial score (nSPS) is 31.6. The van der Waals surface area contributed by atoms with E-state index in [-0.39, 0.29) is 37.6 Å². The number of amides is 4. The molecule has 10 nitrogen and oxygen atoms in total. The largest absolute Gasteiger partial charge is 0.453 e. The average molecular weight is 595 g/mol. The number of hydrogen-bond donors (Lipinski definition) is 3. The Labute approximate surface area is 233 Å². The van der Waals surface area contributed by atoms with Crippen LogP contribution in [-0.2, 0) is 23.9 Å². The van der Waals surface area contributed by atoms with Crippen LogP contribution in [0.25, 0.3) is 0 Å². The van der Waals surface area contributed by atoms with Crippen molar-refractivity contribution in [1.29, 1.82) is 0 Å². The standard InChI is InChI=1S/C26H35F5N4O6/c1-23(27,28)8-7-15(17(36)20(38)32-2)33-19(37)16-14-6-4-5-13(14)9-35(16)21(39)18(34-22(40)41-3)24-10-25(11-24,12-24)26(29,30)31/h13-16,18H,4-12H2,1-3H3,(H,32,38)(H,33,37)(H,34,40)/t13-,14-,15-,16-,18+,24?,25?/m0/s1. The molecule has 0 radical (unpaired) electrons. The van der Waals surface area contributed by atoms with E-state index in [1.807, 2.05) is 0 Å². The van der Waals surface area contributed by atoms with E-state index < -0.39 is 83.5 Å². The number of alkyl carbamates (subject to hydrolysis) is 1. The average Bonchev–Trinajstić information content (AvgIpc) is 3.42. The second kappa shape index (κ2) is 10.7. The van der Waals surface area contributed by atoms with Crippen molar-refractivity contribution < 1.29 is 50.7 Å². The van der Waals surface area contributed by atoms with E-state index in [4.69, 9.17) is 0 Å². The molecule has 41 heavy (non-hydrogen) atoms. The van der Waals surface area contributed by atoms with Crippen LogP contribution in [0.3, 0.4) is 0 Å². The lowest BCUT2D eigenvalue weighted by molar-refractivity contribution is -0.367. The molecule has 5 aliphatic rings. The van der Waals surface area contributed by atoms with Crippen molar-refractivity contribution in [1.82, 2.24) is 20.9 Å². The maximum Gasteiger partial charge on any atom is 0.407 e. The summed E-state index contributed by atoms with van der Waals surface area (Å²) in [5.41, 5.74) is -3.06. The summed E-state index contributed by atoms with van der Waals surface area (Å²) in [6, 6.07) is -4.13. The number of likely N-dealkylation sites (tertiary alicyclic amines) is 1. The van der Waals surface area contributed by atoms with Crippen LogP contribution in [0.5, 0.6) is 0 Å². The topological polar surface area (TPSA) is 134 Å². The molecule has 1 aliphatic heterocycles. The molecule has 1 saturated heterocycles. The predicted molar refractivity (Wildman–Crippen MR) is 131 cm³/mol. The Kier molecular flexibility index (Phi) is 8.06. The van der Waals surface area contributed by atoms with Crippen molar-refractivity contribution in [2.45, 2.75) is 88.5 Å². The zero-order chi connectivity index (χ0) is 30.5. The number of likely N-dealkylation sites (N-methyl/N-ethyl adjacent to an activating group) is 1. The zero-order valence-electron chi connectivity index (χ0n) is 23.0. The van der Waals surface area contributed by atoms with Crippen LogP contribution in [0, 0.1) is 22.7 Å². The maximum atomic E-state index is 14.0. The van der Waals surface area contributed by atoms with Gasteiger partial charge in [0.25, 0.3) is 5.91 Å². The summed E-state index contributed by atoms with van der Waals surface area (Å²) in [7, 11) is 2.23. The SMILES string of the molecule is CNC(=O)C(=O)[C@H](CCC(C)(F)F)NC(=O)[C@@H]1[C@H]2CCC[C@H]2CN1C(=O)[C@@H](NC(=O)OC)C12CC(C(F)(F)F)(C1)C2. The first kappa shape index (κ1) is 30.9. The highest BCUT2D eigenvalue weighted by Crippen LogP contribution is 2.79. The van der Waals surface area contributed by atoms with Crippen LogP contribution in [0.1, 0.15) is 58.3 Å². The summed E-state index contributed by atoms with van der Waals surface area (Å²) in [5, 5.41) is 6.91. The second-order valence-corrected chi connectivity index (χ2v) is 12.1. The lowest BCUT2D eigenvalue weighted by Gasteiger charge is -2.72. The molecule has 3 N–H and O–H groups in total. The molecule has 0 unspecified atom stereocenters. The molecule has 5 atom stereocenters. The van der Waals surface area contributed by atoms with Crippen LogP contribution in [0.15, 0.2) is 0 Å². The van der Waals surface area contributed by atoms with Crippen LogP contribution < -0.4 is 16.0 Å². The number of ketones is 1. The number of methoxy groups -OCH3 is 1. The number of hydrogen-bond acceptors (Lipinski definition) is 6. The number of alkyl halides is 5. The van der Waals surface area contributed by atoms with Gasteiger partial charge in [0.1, 0.15) is 12.1 Å². The minimum atomic E-state index is -4.46. The van der Waals surface area contributed by atoms with Gasteiger partial charge in [-0.1, -0.05) is 6.42 Å². The molecular formula is C26H35F5N4O6. The van der Waals surface area contributed by atoms with Gasteiger partial charge >= 0.3 is 12.3 Å². The second-order valence-electron chi connectivity index (χ2n) is 12.1. The first-order chi connectivity index (χ1) is 19.0. The highest BCUT2D eigenvalue weighted by atomic mass is 19.4. The number of Topliss-reactive ketones (excluding diaryl/α,β-unsaturated/α-hetero) is 1. The predicted octanol–water partition coefficient (Wildman–Crippen LogP) is 2.31. The number of nitrogens with one attached hydrogen (secondary N) is 3. The van der Waals surface area contributed by atoms with E-state index in [9.17, 15) is 45.9 Å². The molecule has 0 aromatic carbocycles. The minimum Gasteiger partial charge on any atom is -0.453 e. The van der Waals surface area contributed by atoms with E-state index in [0.29, 0.717) is 19.8 Å². The molecule has 4 saturated carbocycles. The van der Waals surface area contributed by atoms with Crippen LogP contribution in [0.4, 0.5) is 26.7 Å². The number of rotatable bonds is 10. The summed E-state index contributed by atoms with van der Waals surface area (Å²) in [4.78, 5) is 65.6. The van der Waals surface area contributed by atoms with Crippen molar-refractivity contribution in [3.05, 3.63) is 0 Å². The van der Waals surface area contributed by atoms with Gasteiger partial charge in [-0.15, -0.1) is 0 Å². The monoisotopic (exact) mass is 594 g/mol. The van der Waals surface area contributed by atoms with E-state index in [0.717, 1.165) is 13.5 Å². The summed E-state index contributed by atoms with van der Waals surface area (Å²) in [5.74, 6) is -7.42. The van der Waals surface area contributed by atoms with Crippen molar-refractivity contribution in [3.63, 3.8) is 0 Å². The molecule has 0 aromatic rings. The first-order valence-corrected chi connectivity index (χ1v) is 13.6. The minimum absolute atomic E-state index is 0.0997.